The number of hydrogen-bond acceptors (Lipinski definition) is 2. The lowest BCUT2D eigenvalue weighted by Gasteiger charge is -2.06. The Kier molecular flexibility index (Phi) is 4.21. The molecule has 4 rings (SSSR count). The Morgan fingerprint density at radius 2 is 1.31 bits per heavy atom. The van der Waals surface area contributed by atoms with E-state index in [-0.39, 0.29) is 5.78 Å². The van der Waals surface area contributed by atoms with Crippen molar-refractivity contribution in [3.05, 3.63) is 94.5 Å². The number of ketones is 1. The highest BCUT2D eigenvalue weighted by Crippen LogP contribution is 2.40. The van der Waals surface area contributed by atoms with Gasteiger partial charge in [0, 0.05) is 26.1 Å². The van der Waals surface area contributed by atoms with Gasteiger partial charge >= 0.3 is 0 Å². The van der Waals surface area contributed by atoms with E-state index in [0.717, 1.165) is 37.2 Å². The molecule has 0 atom stereocenters. The Balaban J connectivity index is 1.96. The molecule has 3 aromatic carbocycles. The molecule has 1 heterocycles. The van der Waals surface area contributed by atoms with E-state index in [1.165, 1.54) is 11.1 Å². The maximum Gasteiger partial charge on any atom is 0.195 e. The lowest BCUT2D eigenvalue weighted by atomic mass is 9.96. The fraction of sp³-hybridized carbons (Fsp3) is 0.125. The first kappa shape index (κ1) is 16.7. The fourth-order valence-corrected chi connectivity index (χ4v) is 4.49. The van der Waals surface area contributed by atoms with Gasteiger partial charge in [-0.2, -0.15) is 0 Å². The summed E-state index contributed by atoms with van der Waals surface area (Å²) in [5, 5.41) is 1.04. The average molecular weight is 356 g/mol. The fourth-order valence-electron chi connectivity index (χ4n) is 3.19. The molecule has 0 unspecified atom stereocenters. The Morgan fingerprint density at radius 3 is 1.96 bits per heavy atom. The van der Waals surface area contributed by atoms with Gasteiger partial charge in [0.2, 0.25) is 0 Å². The van der Waals surface area contributed by atoms with E-state index < -0.39 is 0 Å². The summed E-state index contributed by atoms with van der Waals surface area (Å²) in [5.74, 6) is 0.0932. The van der Waals surface area contributed by atoms with Crippen LogP contribution >= 0.6 is 11.3 Å². The number of carbonyl (C=O) groups is 1. The summed E-state index contributed by atoms with van der Waals surface area (Å²) in [4.78, 5) is 14.4. The molecule has 0 amide bonds. The molecular formula is C24H20OS. The standard InChI is InChI=1S/C24H20OS/c1-15-4-9-18(10-5-15)23(25)22-20-13-8-17(3)14-21(20)26-24(22)19-11-6-16(2)7-12-19/h4-14H,1-3H3. The van der Waals surface area contributed by atoms with Crippen molar-refractivity contribution in [1.29, 1.82) is 0 Å². The zero-order valence-corrected chi connectivity index (χ0v) is 16.0. The van der Waals surface area contributed by atoms with Crippen molar-refractivity contribution in [1.82, 2.24) is 0 Å². The number of carbonyl (C=O) groups excluding carboxylic acids is 1. The summed E-state index contributed by atoms with van der Waals surface area (Å²) >= 11 is 1.70. The molecule has 1 nitrogen and oxygen atoms in total. The van der Waals surface area contributed by atoms with E-state index in [1.54, 1.807) is 11.3 Å². The number of thiophene rings is 1. The normalized spacial score (nSPS) is 11.0. The summed E-state index contributed by atoms with van der Waals surface area (Å²) in [6.07, 6.45) is 0. The zero-order valence-electron chi connectivity index (χ0n) is 15.2. The van der Waals surface area contributed by atoms with Gasteiger partial charge in [0.25, 0.3) is 0 Å². The molecular weight excluding hydrogens is 336 g/mol. The molecule has 0 saturated heterocycles. The van der Waals surface area contributed by atoms with Crippen molar-refractivity contribution in [2.75, 3.05) is 0 Å². The van der Waals surface area contributed by atoms with Crippen molar-refractivity contribution in [3.8, 4) is 10.4 Å². The summed E-state index contributed by atoms with van der Waals surface area (Å²) in [7, 11) is 0. The third kappa shape index (κ3) is 2.97. The van der Waals surface area contributed by atoms with Gasteiger partial charge in [-0.15, -0.1) is 11.3 Å². The maximum absolute atomic E-state index is 13.4. The minimum atomic E-state index is 0.0932. The second kappa shape index (κ2) is 6.54. The average Bonchev–Trinajstić information content (AvgIpc) is 3.00. The van der Waals surface area contributed by atoms with E-state index in [9.17, 15) is 4.79 Å². The summed E-state index contributed by atoms with van der Waals surface area (Å²) in [5.41, 5.74) is 6.25. The molecule has 2 heteroatoms. The summed E-state index contributed by atoms with van der Waals surface area (Å²) in [6.45, 7) is 6.21. The predicted octanol–water partition coefficient (Wildman–Crippen LogP) is 6.72. The molecule has 1 aromatic heterocycles. The quantitative estimate of drug-likeness (QED) is 0.372. The van der Waals surface area contributed by atoms with Gasteiger partial charge in [-0.3, -0.25) is 4.79 Å². The molecule has 0 saturated carbocycles. The van der Waals surface area contributed by atoms with E-state index in [1.807, 2.05) is 31.2 Å². The highest BCUT2D eigenvalue weighted by atomic mass is 32.1. The maximum atomic E-state index is 13.4. The lowest BCUT2D eigenvalue weighted by molar-refractivity contribution is 0.104. The van der Waals surface area contributed by atoms with Crippen LogP contribution in [0.2, 0.25) is 0 Å². The molecule has 0 spiro atoms. The van der Waals surface area contributed by atoms with Crippen LogP contribution < -0.4 is 0 Å². The Hall–Kier alpha value is -2.71. The first-order valence-corrected chi connectivity index (χ1v) is 9.56. The SMILES string of the molecule is Cc1ccc(C(=O)c2c(-c3ccc(C)cc3)sc3cc(C)ccc23)cc1. The molecule has 0 radical (unpaired) electrons. The van der Waals surface area contributed by atoms with Crippen LogP contribution in [0.3, 0.4) is 0 Å². The van der Waals surface area contributed by atoms with Gasteiger partial charge in [0.15, 0.2) is 5.78 Å². The van der Waals surface area contributed by atoms with Gasteiger partial charge in [0.05, 0.1) is 0 Å². The van der Waals surface area contributed by atoms with Crippen LogP contribution in [0, 0.1) is 20.8 Å². The van der Waals surface area contributed by atoms with E-state index in [0.29, 0.717) is 0 Å². The molecule has 26 heavy (non-hydrogen) atoms. The van der Waals surface area contributed by atoms with Crippen LogP contribution in [0.4, 0.5) is 0 Å². The van der Waals surface area contributed by atoms with Crippen molar-refractivity contribution < 1.29 is 4.79 Å². The van der Waals surface area contributed by atoms with E-state index >= 15 is 0 Å². The predicted molar refractivity (Wildman–Crippen MR) is 111 cm³/mol. The minimum absolute atomic E-state index is 0.0932. The van der Waals surface area contributed by atoms with Crippen LogP contribution in [-0.4, -0.2) is 5.78 Å². The van der Waals surface area contributed by atoms with Crippen LogP contribution in [0.25, 0.3) is 20.5 Å². The number of aryl methyl sites for hydroxylation is 3. The minimum Gasteiger partial charge on any atom is -0.289 e. The van der Waals surface area contributed by atoms with Crippen LogP contribution in [0.1, 0.15) is 32.6 Å². The van der Waals surface area contributed by atoms with Crippen LogP contribution in [0.15, 0.2) is 66.7 Å². The zero-order chi connectivity index (χ0) is 18.3. The second-order valence-corrected chi connectivity index (χ2v) is 7.92. The Bertz CT molecular complexity index is 1100. The largest absolute Gasteiger partial charge is 0.289 e. The molecule has 0 bridgehead atoms. The molecule has 0 aliphatic rings. The molecule has 0 fully saturated rings. The van der Waals surface area contributed by atoms with Gasteiger partial charge in [-0.1, -0.05) is 71.8 Å². The molecule has 128 valence electrons. The van der Waals surface area contributed by atoms with Crippen molar-refractivity contribution in [3.63, 3.8) is 0 Å². The van der Waals surface area contributed by atoms with Crippen LogP contribution in [-0.2, 0) is 0 Å². The van der Waals surface area contributed by atoms with Crippen LogP contribution in [0.5, 0.6) is 0 Å². The molecule has 0 aliphatic carbocycles. The van der Waals surface area contributed by atoms with Gasteiger partial charge in [0.1, 0.15) is 0 Å². The summed E-state index contributed by atoms with van der Waals surface area (Å²) in [6, 6.07) is 22.6. The summed E-state index contributed by atoms with van der Waals surface area (Å²) < 4.78 is 1.16. The monoisotopic (exact) mass is 356 g/mol. The number of benzene rings is 3. The third-order valence-electron chi connectivity index (χ3n) is 4.70. The number of fused-ring (bicyclic) bond motifs is 1. The lowest BCUT2D eigenvalue weighted by Crippen LogP contribution is -2.02. The highest BCUT2D eigenvalue weighted by molar-refractivity contribution is 7.22. The highest BCUT2D eigenvalue weighted by Gasteiger charge is 2.21. The van der Waals surface area contributed by atoms with Gasteiger partial charge in [-0.25, -0.2) is 0 Å². The van der Waals surface area contributed by atoms with Crippen molar-refractivity contribution in [2.24, 2.45) is 0 Å². The van der Waals surface area contributed by atoms with E-state index in [4.69, 9.17) is 0 Å². The Morgan fingerprint density at radius 1 is 0.731 bits per heavy atom. The number of hydrogen-bond donors (Lipinski definition) is 0. The first-order valence-electron chi connectivity index (χ1n) is 8.74. The van der Waals surface area contributed by atoms with Gasteiger partial charge in [-0.05, 0) is 38.0 Å². The smallest absolute Gasteiger partial charge is 0.195 e. The van der Waals surface area contributed by atoms with Gasteiger partial charge < -0.3 is 0 Å². The first-order chi connectivity index (χ1) is 12.5. The Labute approximate surface area is 157 Å². The molecule has 0 N–H and O–H groups in total. The molecule has 0 aliphatic heterocycles. The van der Waals surface area contributed by atoms with Crippen molar-refractivity contribution >= 4 is 27.2 Å². The molecule has 4 aromatic rings. The third-order valence-corrected chi connectivity index (χ3v) is 5.90. The van der Waals surface area contributed by atoms with E-state index in [2.05, 4.69) is 56.3 Å². The number of rotatable bonds is 3. The topological polar surface area (TPSA) is 17.1 Å². The second-order valence-electron chi connectivity index (χ2n) is 6.87. The van der Waals surface area contributed by atoms with Crippen molar-refractivity contribution in [2.45, 2.75) is 20.8 Å².